The summed E-state index contributed by atoms with van der Waals surface area (Å²) in [6, 6.07) is 7.74. The smallest absolute Gasteiger partial charge is 0.232 e. The van der Waals surface area contributed by atoms with Crippen molar-refractivity contribution < 1.29 is 4.79 Å². The van der Waals surface area contributed by atoms with E-state index in [9.17, 15) is 4.79 Å². The first-order valence-corrected chi connectivity index (χ1v) is 12.0. The molecule has 0 spiro atoms. The fraction of sp³-hybridized carbons (Fsp3) is 0.565. The van der Waals surface area contributed by atoms with Crippen molar-refractivity contribution >= 4 is 47.8 Å². The summed E-state index contributed by atoms with van der Waals surface area (Å²) in [5.74, 6) is 1.83. The molecule has 2 heterocycles. The topological polar surface area (TPSA) is 98.3 Å². The van der Waals surface area contributed by atoms with Crippen molar-refractivity contribution in [2.45, 2.75) is 38.3 Å². The van der Waals surface area contributed by atoms with Gasteiger partial charge < -0.3 is 25.8 Å². The first kappa shape index (κ1) is 26.2. The number of rotatable bonds is 7. The Labute approximate surface area is 212 Å². The Morgan fingerprint density at radius 3 is 2.56 bits per heavy atom. The van der Waals surface area contributed by atoms with Crippen LogP contribution < -0.4 is 20.9 Å². The highest BCUT2D eigenvalue weighted by atomic mass is 35.5. The van der Waals surface area contributed by atoms with Gasteiger partial charge in [-0.15, -0.1) is 12.4 Å². The lowest BCUT2D eigenvalue weighted by Gasteiger charge is -2.33. The standard InChI is InChI=1S/C23H33ClN8O.ClH/c1-25-21-28-22(30-23(29-21)32-12-10-31(2)11-13-32)27-18-8-5-7-16(14-18)20(33)26-15-17-6-3-4-9-19(17)24;/h3-4,6,9,16,18H,5,7-8,10-15H2,1-2H3,(H,26,33)(H2,25,27,28,29,30);1H. The second-order valence-corrected chi connectivity index (χ2v) is 9.24. The SMILES string of the molecule is CNc1nc(NC2CCCC(C(=O)NCc3ccccc3Cl)C2)nc(N2CCN(C)CC2)n1.Cl. The maximum atomic E-state index is 12.8. The van der Waals surface area contributed by atoms with Crippen LogP contribution in [0, 0.1) is 5.92 Å². The van der Waals surface area contributed by atoms with Crippen LogP contribution in [-0.2, 0) is 11.3 Å². The predicted octanol–water partition coefficient (Wildman–Crippen LogP) is 3.03. The van der Waals surface area contributed by atoms with E-state index < -0.39 is 0 Å². The highest BCUT2D eigenvalue weighted by molar-refractivity contribution is 6.31. The summed E-state index contributed by atoms with van der Waals surface area (Å²) in [4.78, 5) is 31.1. The maximum Gasteiger partial charge on any atom is 0.232 e. The summed E-state index contributed by atoms with van der Waals surface area (Å²) in [6.45, 7) is 4.19. The van der Waals surface area contributed by atoms with Crippen LogP contribution in [0.2, 0.25) is 5.02 Å². The molecule has 2 aliphatic rings. The lowest BCUT2D eigenvalue weighted by Crippen LogP contribution is -2.45. The minimum absolute atomic E-state index is 0. The number of benzene rings is 1. The monoisotopic (exact) mass is 508 g/mol. The van der Waals surface area contributed by atoms with Gasteiger partial charge in [0.05, 0.1) is 0 Å². The van der Waals surface area contributed by atoms with Gasteiger partial charge in [0.2, 0.25) is 23.8 Å². The Kier molecular flexibility index (Phi) is 9.55. The molecular formula is C23H34Cl2N8O. The van der Waals surface area contributed by atoms with Gasteiger partial charge in [-0.05, 0) is 37.9 Å². The van der Waals surface area contributed by atoms with Gasteiger partial charge in [-0.1, -0.05) is 36.2 Å². The largest absolute Gasteiger partial charge is 0.357 e. The summed E-state index contributed by atoms with van der Waals surface area (Å²) in [5.41, 5.74) is 0.930. The Balaban J connectivity index is 0.00000324. The van der Waals surface area contributed by atoms with Gasteiger partial charge in [-0.3, -0.25) is 4.79 Å². The molecule has 0 radical (unpaired) electrons. The van der Waals surface area contributed by atoms with Crippen molar-refractivity contribution in [2.75, 3.05) is 55.8 Å². The van der Waals surface area contributed by atoms with E-state index >= 15 is 0 Å². The van der Waals surface area contributed by atoms with Crippen molar-refractivity contribution in [1.82, 2.24) is 25.2 Å². The van der Waals surface area contributed by atoms with Gasteiger partial charge in [0, 0.05) is 56.8 Å². The minimum atomic E-state index is -0.0403. The van der Waals surface area contributed by atoms with Crippen LogP contribution >= 0.6 is 24.0 Å². The molecule has 2 atom stereocenters. The molecule has 1 aromatic heterocycles. The lowest BCUT2D eigenvalue weighted by atomic mass is 9.85. The molecular weight excluding hydrogens is 475 g/mol. The van der Waals surface area contributed by atoms with Crippen LogP contribution in [0.4, 0.5) is 17.8 Å². The maximum absolute atomic E-state index is 12.8. The molecule has 9 nitrogen and oxygen atoms in total. The van der Waals surface area contributed by atoms with Gasteiger partial charge in [0.15, 0.2) is 0 Å². The number of anilines is 3. The number of hydrogen-bond acceptors (Lipinski definition) is 8. The fourth-order valence-corrected chi connectivity index (χ4v) is 4.60. The van der Waals surface area contributed by atoms with Crippen molar-refractivity contribution in [3.05, 3.63) is 34.9 Å². The second-order valence-electron chi connectivity index (χ2n) is 8.84. The fourth-order valence-electron chi connectivity index (χ4n) is 4.40. The molecule has 1 aromatic carbocycles. The molecule has 3 N–H and O–H groups in total. The van der Waals surface area contributed by atoms with Crippen LogP contribution in [0.5, 0.6) is 0 Å². The van der Waals surface area contributed by atoms with Crippen molar-refractivity contribution in [2.24, 2.45) is 5.92 Å². The number of carbonyl (C=O) groups excluding carboxylic acids is 1. The van der Waals surface area contributed by atoms with Gasteiger partial charge >= 0.3 is 0 Å². The zero-order valence-electron chi connectivity index (χ0n) is 19.8. The summed E-state index contributed by atoms with van der Waals surface area (Å²) in [5, 5.41) is 10.2. The van der Waals surface area contributed by atoms with Gasteiger partial charge in [0.1, 0.15) is 0 Å². The number of hydrogen-bond donors (Lipinski definition) is 3. The average Bonchev–Trinajstić information content (AvgIpc) is 2.83. The van der Waals surface area contributed by atoms with Crippen molar-refractivity contribution in [3.63, 3.8) is 0 Å². The normalized spacial score (nSPS) is 20.9. The van der Waals surface area contributed by atoms with Crippen LogP contribution in [0.15, 0.2) is 24.3 Å². The number of piperazine rings is 1. The Bertz CT molecular complexity index is 954. The van der Waals surface area contributed by atoms with Gasteiger partial charge in [-0.25, -0.2) is 0 Å². The van der Waals surface area contributed by atoms with E-state index in [1.807, 2.05) is 31.3 Å². The van der Waals surface area contributed by atoms with Crippen molar-refractivity contribution in [1.29, 1.82) is 0 Å². The number of likely N-dealkylation sites (N-methyl/N-ethyl adjacent to an activating group) is 1. The van der Waals surface area contributed by atoms with Crippen LogP contribution in [0.1, 0.15) is 31.2 Å². The summed E-state index contributed by atoms with van der Waals surface area (Å²) < 4.78 is 0. The number of nitrogens with zero attached hydrogens (tertiary/aromatic N) is 5. The first-order chi connectivity index (χ1) is 16.0. The number of aromatic nitrogens is 3. The van der Waals surface area contributed by atoms with Crippen molar-refractivity contribution in [3.8, 4) is 0 Å². The number of nitrogens with one attached hydrogen (secondary N) is 3. The highest BCUT2D eigenvalue weighted by Gasteiger charge is 2.28. The Morgan fingerprint density at radius 2 is 1.82 bits per heavy atom. The van der Waals surface area contributed by atoms with E-state index in [1.165, 1.54) is 0 Å². The van der Waals surface area contributed by atoms with Crippen LogP contribution in [-0.4, -0.2) is 72.1 Å². The predicted molar refractivity (Wildman–Crippen MR) is 139 cm³/mol. The summed E-state index contributed by atoms with van der Waals surface area (Å²) >= 11 is 6.22. The van der Waals surface area contributed by atoms with Gasteiger partial charge in [-0.2, -0.15) is 15.0 Å². The van der Waals surface area contributed by atoms with E-state index in [0.29, 0.717) is 29.4 Å². The summed E-state index contributed by atoms with van der Waals surface area (Å²) in [7, 11) is 3.94. The molecule has 1 aliphatic heterocycles. The van der Waals surface area contributed by atoms with Crippen LogP contribution in [0.3, 0.4) is 0 Å². The average molecular weight is 509 g/mol. The van der Waals surface area contributed by atoms with E-state index in [-0.39, 0.29) is 30.3 Å². The lowest BCUT2D eigenvalue weighted by molar-refractivity contribution is -0.126. The third kappa shape index (κ3) is 6.84. The van der Waals surface area contributed by atoms with E-state index in [2.05, 4.69) is 42.8 Å². The molecule has 1 amide bonds. The van der Waals surface area contributed by atoms with Crippen LogP contribution in [0.25, 0.3) is 0 Å². The molecule has 1 saturated carbocycles. The first-order valence-electron chi connectivity index (χ1n) is 11.7. The second kappa shape index (κ2) is 12.4. The Morgan fingerprint density at radius 1 is 1.09 bits per heavy atom. The Hall–Kier alpha value is -2.36. The molecule has 4 rings (SSSR count). The quantitative estimate of drug-likeness (QED) is 0.524. The minimum Gasteiger partial charge on any atom is -0.357 e. The molecule has 2 unspecified atom stereocenters. The molecule has 0 bridgehead atoms. The zero-order chi connectivity index (χ0) is 23.2. The van der Waals surface area contributed by atoms with E-state index in [4.69, 9.17) is 16.6 Å². The highest BCUT2D eigenvalue weighted by Crippen LogP contribution is 2.27. The molecule has 34 heavy (non-hydrogen) atoms. The van der Waals surface area contributed by atoms with E-state index in [1.54, 1.807) is 0 Å². The van der Waals surface area contributed by atoms with Gasteiger partial charge in [0.25, 0.3) is 0 Å². The molecule has 186 valence electrons. The van der Waals surface area contributed by atoms with E-state index in [0.717, 1.165) is 57.4 Å². The number of carbonyl (C=O) groups is 1. The third-order valence-corrected chi connectivity index (χ3v) is 6.79. The molecule has 1 saturated heterocycles. The molecule has 1 aliphatic carbocycles. The molecule has 11 heteroatoms. The number of amides is 1. The zero-order valence-corrected chi connectivity index (χ0v) is 21.3. The third-order valence-electron chi connectivity index (χ3n) is 6.42. The molecule has 2 aromatic rings. The summed E-state index contributed by atoms with van der Waals surface area (Å²) in [6.07, 6.45) is 3.60. The molecule has 2 fully saturated rings. The number of halogens is 2.